The zero-order chi connectivity index (χ0) is 11.1. The average molecular weight is 291 g/mol. The largest absolute Gasteiger partial charge is 0.314 e. The summed E-state index contributed by atoms with van der Waals surface area (Å²) >= 11 is 5.32. The van der Waals surface area contributed by atoms with Gasteiger partial charge in [-0.3, -0.25) is 0 Å². The van der Waals surface area contributed by atoms with Crippen molar-refractivity contribution >= 4 is 27.3 Å². The number of nitrogens with one attached hydrogen (secondary N) is 2. The van der Waals surface area contributed by atoms with Gasteiger partial charge in [-0.25, -0.2) is 0 Å². The molecule has 15 heavy (non-hydrogen) atoms. The van der Waals surface area contributed by atoms with E-state index in [1.54, 1.807) is 11.3 Å². The Morgan fingerprint density at radius 3 is 2.80 bits per heavy atom. The van der Waals surface area contributed by atoms with Crippen LogP contribution in [0.25, 0.3) is 0 Å². The Hall–Kier alpha value is 0.100. The van der Waals surface area contributed by atoms with E-state index in [0.717, 1.165) is 19.6 Å². The van der Waals surface area contributed by atoms with Gasteiger partial charge in [0.2, 0.25) is 0 Å². The maximum Gasteiger partial charge on any atom is 0.0327 e. The van der Waals surface area contributed by atoms with Crippen LogP contribution in [0.3, 0.4) is 0 Å². The van der Waals surface area contributed by atoms with Crippen molar-refractivity contribution in [3.05, 3.63) is 20.8 Å². The highest BCUT2D eigenvalue weighted by molar-refractivity contribution is 9.10. The molecule has 0 aliphatic heterocycles. The molecule has 1 rings (SSSR count). The lowest BCUT2D eigenvalue weighted by atomic mass is 10.3. The van der Waals surface area contributed by atoms with Gasteiger partial charge in [-0.15, -0.1) is 11.3 Å². The van der Waals surface area contributed by atoms with E-state index >= 15 is 0 Å². The van der Waals surface area contributed by atoms with Gasteiger partial charge in [0.15, 0.2) is 0 Å². The summed E-state index contributed by atoms with van der Waals surface area (Å²) in [4.78, 5) is 1.38. The number of thiophene rings is 1. The predicted octanol–water partition coefficient (Wildman–Crippen LogP) is 2.99. The van der Waals surface area contributed by atoms with E-state index in [9.17, 15) is 0 Å². The van der Waals surface area contributed by atoms with Crippen molar-refractivity contribution in [2.75, 3.05) is 13.1 Å². The van der Waals surface area contributed by atoms with Gasteiger partial charge in [-0.05, 0) is 46.9 Å². The van der Waals surface area contributed by atoms with Crippen molar-refractivity contribution in [2.45, 2.75) is 32.9 Å². The quantitative estimate of drug-likeness (QED) is 0.755. The first-order valence-electron chi connectivity index (χ1n) is 5.36. The molecular weight excluding hydrogens is 272 g/mol. The van der Waals surface area contributed by atoms with Crippen molar-refractivity contribution in [2.24, 2.45) is 0 Å². The summed E-state index contributed by atoms with van der Waals surface area (Å²) in [7, 11) is 0. The van der Waals surface area contributed by atoms with E-state index in [1.807, 2.05) is 0 Å². The SMILES string of the molecule is CC(C)NCCCNCc1sccc1Br. The first-order valence-corrected chi connectivity index (χ1v) is 7.03. The Morgan fingerprint density at radius 1 is 1.40 bits per heavy atom. The molecule has 2 N–H and O–H groups in total. The molecule has 0 bridgehead atoms. The highest BCUT2D eigenvalue weighted by atomic mass is 79.9. The van der Waals surface area contributed by atoms with Crippen LogP contribution in [-0.2, 0) is 6.54 Å². The monoisotopic (exact) mass is 290 g/mol. The Bertz CT molecular complexity index is 273. The molecule has 86 valence electrons. The minimum absolute atomic E-state index is 0.594. The van der Waals surface area contributed by atoms with E-state index in [0.29, 0.717) is 6.04 Å². The van der Waals surface area contributed by atoms with E-state index in [4.69, 9.17) is 0 Å². The molecule has 0 aromatic carbocycles. The number of hydrogen-bond acceptors (Lipinski definition) is 3. The van der Waals surface area contributed by atoms with Crippen molar-refractivity contribution in [1.82, 2.24) is 10.6 Å². The second kappa shape index (κ2) is 7.39. The van der Waals surface area contributed by atoms with Crippen LogP contribution in [0.4, 0.5) is 0 Å². The third kappa shape index (κ3) is 5.66. The summed E-state index contributed by atoms with van der Waals surface area (Å²) in [6.07, 6.45) is 1.18. The van der Waals surface area contributed by atoms with Crippen LogP contribution in [0, 0.1) is 0 Å². The molecule has 1 aromatic rings. The van der Waals surface area contributed by atoms with Crippen LogP contribution in [0.1, 0.15) is 25.1 Å². The molecule has 0 saturated carbocycles. The predicted molar refractivity (Wildman–Crippen MR) is 71.5 cm³/mol. The summed E-state index contributed by atoms with van der Waals surface area (Å²) in [5, 5.41) is 8.96. The second-order valence-corrected chi connectivity index (χ2v) is 5.69. The smallest absolute Gasteiger partial charge is 0.0327 e. The fourth-order valence-electron chi connectivity index (χ4n) is 1.26. The minimum Gasteiger partial charge on any atom is -0.314 e. The third-order valence-corrected chi connectivity index (χ3v) is 3.99. The van der Waals surface area contributed by atoms with Gasteiger partial charge in [-0.1, -0.05) is 13.8 Å². The topological polar surface area (TPSA) is 24.1 Å². The molecule has 0 aliphatic carbocycles. The molecule has 0 radical (unpaired) electrons. The van der Waals surface area contributed by atoms with Gasteiger partial charge in [0.1, 0.15) is 0 Å². The first-order chi connectivity index (χ1) is 7.20. The van der Waals surface area contributed by atoms with Crippen LogP contribution in [0.15, 0.2) is 15.9 Å². The summed E-state index contributed by atoms with van der Waals surface area (Å²) in [6.45, 7) is 7.49. The van der Waals surface area contributed by atoms with Gasteiger partial charge in [0, 0.05) is 21.9 Å². The van der Waals surface area contributed by atoms with E-state index in [1.165, 1.54) is 15.8 Å². The molecule has 0 amide bonds. The molecule has 0 fully saturated rings. The highest BCUT2D eigenvalue weighted by Gasteiger charge is 1.99. The zero-order valence-corrected chi connectivity index (χ0v) is 11.7. The van der Waals surface area contributed by atoms with Crippen molar-refractivity contribution in [1.29, 1.82) is 0 Å². The maximum atomic E-state index is 3.53. The van der Waals surface area contributed by atoms with Gasteiger partial charge < -0.3 is 10.6 Å². The fraction of sp³-hybridized carbons (Fsp3) is 0.636. The van der Waals surface area contributed by atoms with Gasteiger partial charge in [0.05, 0.1) is 0 Å². The van der Waals surface area contributed by atoms with Crippen molar-refractivity contribution < 1.29 is 0 Å². The summed E-state index contributed by atoms with van der Waals surface area (Å²) in [5.74, 6) is 0. The van der Waals surface area contributed by atoms with Gasteiger partial charge >= 0.3 is 0 Å². The second-order valence-electron chi connectivity index (χ2n) is 3.83. The fourth-order valence-corrected chi connectivity index (χ4v) is 2.72. The van der Waals surface area contributed by atoms with E-state index in [2.05, 4.69) is 51.9 Å². The van der Waals surface area contributed by atoms with Crippen LogP contribution in [0.5, 0.6) is 0 Å². The summed E-state index contributed by atoms with van der Waals surface area (Å²) < 4.78 is 1.22. The van der Waals surface area contributed by atoms with Crippen LogP contribution in [0.2, 0.25) is 0 Å². The Balaban J connectivity index is 2.00. The number of halogens is 1. The Labute approximate surface area is 105 Å². The number of rotatable bonds is 7. The standard InChI is InChI=1S/C11H19BrN2S/c1-9(2)14-6-3-5-13-8-11-10(12)4-7-15-11/h4,7,9,13-14H,3,5-6,8H2,1-2H3. The van der Waals surface area contributed by atoms with Crippen LogP contribution < -0.4 is 10.6 Å². The molecule has 1 heterocycles. The maximum absolute atomic E-state index is 3.53. The molecule has 2 nitrogen and oxygen atoms in total. The Kier molecular flexibility index (Phi) is 6.48. The third-order valence-electron chi connectivity index (χ3n) is 2.06. The van der Waals surface area contributed by atoms with Crippen LogP contribution in [-0.4, -0.2) is 19.1 Å². The molecule has 4 heteroatoms. The molecule has 0 aliphatic rings. The van der Waals surface area contributed by atoms with Crippen molar-refractivity contribution in [3.8, 4) is 0 Å². The lowest BCUT2D eigenvalue weighted by molar-refractivity contribution is 0.548. The first kappa shape index (κ1) is 13.2. The Morgan fingerprint density at radius 2 is 2.20 bits per heavy atom. The normalized spacial score (nSPS) is 11.2. The molecule has 0 saturated heterocycles. The van der Waals surface area contributed by atoms with Crippen molar-refractivity contribution in [3.63, 3.8) is 0 Å². The molecule has 1 aromatic heterocycles. The minimum atomic E-state index is 0.594. The molecule has 0 atom stereocenters. The average Bonchev–Trinajstić information content (AvgIpc) is 2.57. The van der Waals surface area contributed by atoms with E-state index < -0.39 is 0 Å². The highest BCUT2D eigenvalue weighted by Crippen LogP contribution is 2.21. The lowest BCUT2D eigenvalue weighted by Gasteiger charge is -2.08. The van der Waals surface area contributed by atoms with Gasteiger partial charge in [0.25, 0.3) is 0 Å². The number of hydrogen-bond donors (Lipinski definition) is 2. The molecule has 0 spiro atoms. The molecular formula is C11H19BrN2S. The van der Waals surface area contributed by atoms with Gasteiger partial charge in [-0.2, -0.15) is 0 Å². The molecule has 0 unspecified atom stereocenters. The summed E-state index contributed by atoms with van der Waals surface area (Å²) in [5.41, 5.74) is 0. The summed E-state index contributed by atoms with van der Waals surface area (Å²) in [6, 6.07) is 2.69. The zero-order valence-electron chi connectivity index (χ0n) is 9.35. The van der Waals surface area contributed by atoms with E-state index in [-0.39, 0.29) is 0 Å². The van der Waals surface area contributed by atoms with Crippen LogP contribution >= 0.6 is 27.3 Å². The lowest BCUT2D eigenvalue weighted by Crippen LogP contribution is -2.26.